The third-order valence-electron chi connectivity index (χ3n) is 3.67. The Morgan fingerprint density at radius 2 is 1.85 bits per heavy atom. The van der Waals surface area contributed by atoms with Gasteiger partial charge in [-0.25, -0.2) is 9.67 Å². The Bertz CT molecular complexity index is 935. The van der Waals surface area contributed by atoms with Gasteiger partial charge in [-0.05, 0) is 49.0 Å². The molecule has 0 saturated heterocycles. The van der Waals surface area contributed by atoms with Gasteiger partial charge in [0, 0.05) is 5.69 Å². The Hall–Kier alpha value is -2.94. The minimum absolute atomic E-state index is 0.163. The minimum atomic E-state index is -4.38. The minimum Gasteiger partial charge on any atom is -0.332 e. The fraction of sp³-hybridized carbons (Fsp3) is 0.167. The first-order chi connectivity index (χ1) is 12.8. The molecule has 3 aromatic rings. The van der Waals surface area contributed by atoms with E-state index in [1.807, 2.05) is 31.2 Å². The van der Waals surface area contributed by atoms with Crippen molar-refractivity contribution in [2.24, 2.45) is 0 Å². The Balaban J connectivity index is 1.61. The third-order valence-corrected chi connectivity index (χ3v) is 3.87. The summed E-state index contributed by atoms with van der Waals surface area (Å²) in [7, 11) is 0. The molecule has 140 valence electrons. The van der Waals surface area contributed by atoms with Gasteiger partial charge in [-0.2, -0.15) is 13.2 Å². The van der Waals surface area contributed by atoms with Gasteiger partial charge >= 0.3 is 6.18 Å². The van der Waals surface area contributed by atoms with Crippen molar-refractivity contribution in [3.05, 3.63) is 71.5 Å². The zero-order valence-corrected chi connectivity index (χ0v) is 15.1. The molecule has 1 aromatic heterocycles. The molecule has 0 aliphatic carbocycles. The van der Waals surface area contributed by atoms with Crippen molar-refractivity contribution in [3.63, 3.8) is 0 Å². The Labute approximate surface area is 159 Å². The maximum absolute atomic E-state index is 12.8. The van der Waals surface area contributed by atoms with Crippen LogP contribution in [-0.4, -0.2) is 19.9 Å². The summed E-state index contributed by atoms with van der Waals surface area (Å²) in [6, 6.07) is 12.8. The van der Waals surface area contributed by atoms with Crippen LogP contribution in [0, 0.1) is 6.92 Å². The third kappa shape index (κ3) is 5.27. The lowest BCUT2D eigenvalue weighted by Crippen LogP contribution is -2.20. The summed E-state index contributed by atoms with van der Waals surface area (Å²) in [6.07, 6.45) is -2.95. The number of anilines is 2. The molecule has 0 atom stereocenters. The molecular formula is C18H16F3N5S. The Kier molecular flexibility index (Phi) is 5.41. The summed E-state index contributed by atoms with van der Waals surface area (Å²) < 4.78 is 39.8. The fourth-order valence-electron chi connectivity index (χ4n) is 2.36. The van der Waals surface area contributed by atoms with E-state index in [0.29, 0.717) is 10.7 Å². The molecule has 2 aromatic carbocycles. The summed E-state index contributed by atoms with van der Waals surface area (Å²) in [5, 5.41) is 10.3. The number of aromatic nitrogens is 3. The maximum atomic E-state index is 12.8. The molecule has 0 saturated carbocycles. The van der Waals surface area contributed by atoms with E-state index in [1.54, 1.807) is 6.07 Å². The highest BCUT2D eigenvalue weighted by Gasteiger charge is 2.30. The second-order valence-corrected chi connectivity index (χ2v) is 6.32. The molecule has 3 rings (SSSR count). The molecule has 0 spiro atoms. The van der Waals surface area contributed by atoms with Crippen LogP contribution in [0.1, 0.15) is 16.7 Å². The van der Waals surface area contributed by atoms with Gasteiger partial charge < -0.3 is 5.32 Å². The van der Waals surface area contributed by atoms with Gasteiger partial charge in [0.2, 0.25) is 5.95 Å². The summed E-state index contributed by atoms with van der Waals surface area (Å²) >= 11 is 5.21. The number of hydrogen-bond acceptors (Lipinski definition) is 3. The van der Waals surface area contributed by atoms with E-state index < -0.39 is 11.7 Å². The number of nitrogens with one attached hydrogen (secondary N) is 2. The molecular weight excluding hydrogens is 375 g/mol. The number of thiocarbonyl (C=S) groups is 1. The summed E-state index contributed by atoms with van der Waals surface area (Å²) in [5.41, 5.74) is 1.74. The highest BCUT2D eigenvalue weighted by molar-refractivity contribution is 7.80. The largest absolute Gasteiger partial charge is 0.416 e. The van der Waals surface area contributed by atoms with Gasteiger partial charge in [0.25, 0.3) is 0 Å². The van der Waals surface area contributed by atoms with Crippen molar-refractivity contribution < 1.29 is 13.2 Å². The molecule has 0 fully saturated rings. The lowest BCUT2D eigenvalue weighted by molar-refractivity contribution is -0.137. The Morgan fingerprint density at radius 1 is 1.11 bits per heavy atom. The van der Waals surface area contributed by atoms with Crippen LogP contribution in [0.4, 0.5) is 24.8 Å². The van der Waals surface area contributed by atoms with Crippen LogP contribution in [0.3, 0.4) is 0 Å². The molecule has 0 aliphatic heterocycles. The van der Waals surface area contributed by atoms with E-state index in [1.165, 1.54) is 17.1 Å². The number of aryl methyl sites for hydroxylation is 1. The highest BCUT2D eigenvalue weighted by Crippen LogP contribution is 2.29. The topological polar surface area (TPSA) is 54.8 Å². The van der Waals surface area contributed by atoms with E-state index >= 15 is 0 Å². The first-order valence-electron chi connectivity index (χ1n) is 8.00. The molecule has 0 bridgehead atoms. The average molecular weight is 391 g/mol. The lowest BCUT2D eigenvalue weighted by atomic mass is 10.1. The predicted octanol–water partition coefficient (Wildman–Crippen LogP) is 4.46. The average Bonchev–Trinajstić information content (AvgIpc) is 3.03. The van der Waals surface area contributed by atoms with Crippen molar-refractivity contribution in [1.82, 2.24) is 14.8 Å². The number of nitrogens with zero attached hydrogens (tertiary/aromatic N) is 3. The second-order valence-electron chi connectivity index (χ2n) is 5.91. The standard InChI is InChI=1S/C18H16F3N5S/c1-12-5-7-15(8-6-12)23-17(27)24-16-22-11-26(25-16)10-13-3-2-4-14(9-13)18(19,20)21/h2-9,11H,10H2,1H3,(H2,23,24,25,27). The van der Waals surface area contributed by atoms with Crippen LogP contribution in [0.25, 0.3) is 0 Å². The van der Waals surface area contributed by atoms with Crippen molar-refractivity contribution in [1.29, 1.82) is 0 Å². The normalized spacial score (nSPS) is 11.3. The van der Waals surface area contributed by atoms with E-state index in [0.717, 1.165) is 23.4 Å². The first kappa shape index (κ1) is 18.8. The first-order valence-corrected chi connectivity index (χ1v) is 8.41. The quantitative estimate of drug-likeness (QED) is 0.643. The zero-order chi connectivity index (χ0) is 19.4. The molecule has 5 nitrogen and oxygen atoms in total. The molecule has 0 radical (unpaired) electrons. The summed E-state index contributed by atoms with van der Waals surface area (Å²) in [6.45, 7) is 2.15. The smallest absolute Gasteiger partial charge is 0.332 e. The molecule has 1 heterocycles. The maximum Gasteiger partial charge on any atom is 0.416 e. The van der Waals surface area contributed by atoms with Crippen LogP contribution in [-0.2, 0) is 12.7 Å². The van der Waals surface area contributed by atoms with Gasteiger partial charge in [-0.3, -0.25) is 5.32 Å². The molecule has 0 aliphatic rings. The molecule has 27 heavy (non-hydrogen) atoms. The van der Waals surface area contributed by atoms with Gasteiger partial charge in [-0.15, -0.1) is 5.10 Å². The van der Waals surface area contributed by atoms with E-state index in [9.17, 15) is 13.2 Å². The lowest BCUT2D eigenvalue weighted by Gasteiger charge is -2.09. The monoisotopic (exact) mass is 391 g/mol. The van der Waals surface area contributed by atoms with Crippen LogP contribution >= 0.6 is 12.2 Å². The predicted molar refractivity (Wildman–Crippen MR) is 102 cm³/mol. The SMILES string of the molecule is Cc1ccc(NC(=S)Nc2ncn(Cc3cccc(C(F)(F)F)c3)n2)cc1. The molecule has 0 amide bonds. The van der Waals surface area contributed by atoms with Crippen LogP contribution in [0.2, 0.25) is 0 Å². The Morgan fingerprint density at radius 3 is 2.56 bits per heavy atom. The van der Waals surface area contributed by atoms with Crippen LogP contribution in [0.15, 0.2) is 54.9 Å². The number of halogens is 3. The highest BCUT2D eigenvalue weighted by atomic mass is 32.1. The molecule has 2 N–H and O–H groups in total. The summed E-state index contributed by atoms with van der Waals surface area (Å²) in [5.74, 6) is 0.256. The number of alkyl halides is 3. The van der Waals surface area contributed by atoms with Crippen LogP contribution < -0.4 is 10.6 Å². The number of hydrogen-bond donors (Lipinski definition) is 2. The second kappa shape index (κ2) is 7.75. The van der Waals surface area contributed by atoms with Gasteiger partial charge in [0.05, 0.1) is 12.1 Å². The fourth-order valence-corrected chi connectivity index (χ4v) is 2.57. The van der Waals surface area contributed by atoms with Crippen molar-refractivity contribution in [2.45, 2.75) is 19.6 Å². The van der Waals surface area contributed by atoms with Crippen molar-refractivity contribution in [3.8, 4) is 0 Å². The molecule has 0 unspecified atom stereocenters. The van der Waals surface area contributed by atoms with Gasteiger partial charge in [0.15, 0.2) is 5.11 Å². The summed E-state index contributed by atoms with van der Waals surface area (Å²) in [4.78, 5) is 4.07. The molecule has 9 heteroatoms. The van der Waals surface area contributed by atoms with E-state index in [-0.39, 0.29) is 12.5 Å². The van der Waals surface area contributed by atoms with Crippen molar-refractivity contribution >= 4 is 29.0 Å². The van der Waals surface area contributed by atoms with Crippen LogP contribution in [0.5, 0.6) is 0 Å². The van der Waals surface area contributed by atoms with E-state index in [4.69, 9.17) is 12.2 Å². The zero-order valence-electron chi connectivity index (χ0n) is 14.3. The van der Waals surface area contributed by atoms with Gasteiger partial charge in [-0.1, -0.05) is 29.8 Å². The van der Waals surface area contributed by atoms with Crippen molar-refractivity contribution in [2.75, 3.05) is 10.6 Å². The van der Waals surface area contributed by atoms with E-state index in [2.05, 4.69) is 20.7 Å². The number of rotatable bonds is 4. The van der Waals surface area contributed by atoms with Gasteiger partial charge in [0.1, 0.15) is 6.33 Å². The number of benzene rings is 2.